The molecule has 0 spiro atoms. The zero-order valence-electron chi connectivity index (χ0n) is 19.4. The average Bonchev–Trinajstić information content (AvgIpc) is 3.28. The van der Waals surface area contributed by atoms with E-state index in [1.807, 2.05) is 72.8 Å². The van der Waals surface area contributed by atoms with Gasteiger partial charge >= 0.3 is 5.97 Å². The van der Waals surface area contributed by atoms with Crippen LogP contribution in [0.2, 0.25) is 0 Å². The van der Waals surface area contributed by atoms with Crippen molar-refractivity contribution in [1.82, 2.24) is 4.98 Å². The Morgan fingerprint density at radius 3 is 2.11 bits per heavy atom. The topological polar surface area (TPSA) is 72.6 Å². The minimum Gasteiger partial charge on any atom is -0.452 e. The highest BCUT2D eigenvalue weighted by atomic mass is 16.5. The van der Waals surface area contributed by atoms with Crippen LogP contribution in [-0.4, -0.2) is 23.5 Å². The van der Waals surface area contributed by atoms with E-state index >= 15 is 0 Å². The van der Waals surface area contributed by atoms with Crippen LogP contribution in [0.5, 0.6) is 0 Å². The molecule has 36 heavy (non-hydrogen) atoms. The second kappa shape index (κ2) is 9.15. The quantitative estimate of drug-likeness (QED) is 0.294. The molecule has 6 rings (SSSR count). The fourth-order valence-corrected chi connectivity index (χ4v) is 4.65. The van der Waals surface area contributed by atoms with E-state index in [-0.39, 0.29) is 11.5 Å². The van der Waals surface area contributed by atoms with E-state index < -0.39 is 12.6 Å². The lowest BCUT2D eigenvalue weighted by Gasteiger charge is -2.24. The van der Waals surface area contributed by atoms with E-state index in [1.54, 1.807) is 29.2 Å². The van der Waals surface area contributed by atoms with E-state index in [0.717, 1.165) is 35.3 Å². The van der Waals surface area contributed by atoms with Gasteiger partial charge in [-0.2, -0.15) is 0 Å². The fraction of sp³-hybridized carbons (Fsp3) is 0.100. The molecule has 0 saturated heterocycles. The van der Waals surface area contributed by atoms with Crippen LogP contribution in [-0.2, 0) is 22.4 Å². The van der Waals surface area contributed by atoms with Crippen LogP contribution in [0.15, 0.2) is 101 Å². The molecule has 0 radical (unpaired) electrons. The van der Waals surface area contributed by atoms with Crippen LogP contribution in [0.25, 0.3) is 22.6 Å². The van der Waals surface area contributed by atoms with Crippen molar-refractivity contribution >= 4 is 34.4 Å². The third kappa shape index (κ3) is 3.92. The number of carbonyl (C=O) groups is 2. The highest BCUT2D eigenvalue weighted by molar-refractivity contribution is 6.04. The van der Waals surface area contributed by atoms with Crippen LogP contribution in [0.4, 0.5) is 11.4 Å². The van der Waals surface area contributed by atoms with Crippen molar-refractivity contribution in [1.29, 1.82) is 0 Å². The predicted molar refractivity (Wildman–Crippen MR) is 137 cm³/mol. The molecule has 176 valence electrons. The Morgan fingerprint density at radius 1 is 0.778 bits per heavy atom. The van der Waals surface area contributed by atoms with Gasteiger partial charge in [-0.1, -0.05) is 60.7 Å². The molecule has 0 aliphatic carbocycles. The van der Waals surface area contributed by atoms with Crippen molar-refractivity contribution in [2.45, 2.75) is 12.8 Å². The largest absolute Gasteiger partial charge is 0.452 e. The van der Waals surface area contributed by atoms with Gasteiger partial charge < -0.3 is 9.15 Å². The van der Waals surface area contributed by atoms with E-state index in [1.165, 1.54) is 0 Å². The maximum absolute atomic E-state index is 13.5. The number of oxazole rings is 1. The minimum atomic E-state index is -0.613. The van der Waals surface area contributed by atoms with Crippen molar-refractivity contribution in [3.63, 3.8) is 0 Å². The summed E-state index contributed by atoms with van der Waals surface area (Å²) >= 11 is 0. The molecule has 6 heteroatoms. The molecule has 5 aromatic rings. The summed E-state index contributed by atoms with van der Waals surface area (Å²) in [4.78, 5) is 32.8. The molecule has 1 aliphatic rings. The Labute approximate surface area is 207 Å². The summed E-state index contributed by atoms with van der Waals surface area (Å²) in [6, 6.07) is 30.0. The molecular formula is C30H22N2O4. The number of rotatable bonds is 4. The molecule has 0 saturated carbocycles. The number of anilines is 2. The Hall–Kier alpha value is -4.71. The molecule has 0 N–H and O–H groups in total. The first-order valence-corrected chi connectivity index (χ1v) is 11.8. The van der Waals surface area contributed by atoms with E-state index in [9.17, 15) is 9.59 Å². The summed E-state index contributed by atoms with van der Waals surface area (Å²) in [5, 5.41) is 0. The first-order chi connectivity index (χ1) is 17.7. The zero-order valence-corrected chi connectivity index (χ0v) is 19.4. The van der Waals surface area contributed by atoms with E-state index in [2.05, 4.69) is 4.98 Å². The molecule has 0 bridgehead atoms. The normalized spacial score (nSPS) is 12.5. The van der Waals surface area contributed by atoms with Gasteiger partial charge in [0.05, 0.1) is 22.5 Å². The van der Waals surface area contributed by atoms with Crippen LogP contribution < -0.4 is 4.90 Å². The molecule has 4 aromatic carbocycles. The number of para-hydroxylation sites is 4. The minimum absolute atomic E-state index is 0.286. The predicted octanol–water partition coefficient (Wildman–Crippen LogP) is 6.12. The monoisotopic (exact) mass is 474 g/mol. The Kier molecular flexibility index (Phi) is 5.54. The lowest BCUT2D eigenvalue weighted by atomic mass is 10.0. The van der Waals surface area contributed by atoms with Gasteiger partial charge in [0.15, 0.2) is 12.2 Å². The highest BCUT2D eigenvalue weighted by Crippen LogP contribution is 2.36. The molecule has 1 aliphatic heterocycles. The summed E-state index contributed by atoms with van der Waals surface area (Å²) in [6.45, 7) is -0.399. The number of amides is 1. The number of nitrogens with zero attached hydrogens (tertiary/aromatic N) is 2. The standard InChI is InChI=1S/C30H22N2O4/c33-28(32-25-14-6-1-9-20(25)17-18-21-10-2-7-15-26(21)32)19-35-30(34)23-12-4-3-11-22(23)29-31-24-13-5-8-16-27(24)36-29/h1-16H,17-19H2. The number of hydrogen-bond donors (Lipinski definition) is 0. The number of ether oxygens (including phenoxy) is 1. The van der Waals surface area contributed by atoms with Crippen LogP contribution in [0.3, 0.4) is 0 Å². The van der Waals surface area contributed by atoms with Crippen molar-refractivity contribution in [3.05, 3.63) is 114 Å². The molecule has 2 heterocycles. The third-order valence-electron chi connectivity index (χ3n) is 6.38. The van der Waals surface area contributed by atoms with Gasteiger partial charge in [0, 0.05) is 0 Å². The smallest absolute Gasteiger partial charge is 0.339 e. The lowest BCUT2D eigenvalue weighted by molar-refractivity contribution is -0.120. The second-order valence-electron chi connectivity index (χ2n) is 8.60. The number of fused-ring (bicyclic) bond motifs is 3. The second-order valence-corrected chi connectivity index (χ2v) is 8.60. The summed E-state index contributed by atoms with van der Waals surface area (Å²) in [5.41, 5.74) is 5.91. The number of carbonyl (C=O) groups excluding carboxylic acids is 2. The Bertz CT molecular complexity index is 1520. The average molecular weight is 475 g/mol. The summed E-state index contributed by atoms with van der Waals surface area (Å²) in [6.07, 6.45) is 1.66. The molecule has 1 amide bonds. The highest BCUT2D eigenvalue weighted by Gasteiger charge is 2.27. The van der Waals surface area contributed by atoms with Crippen molar-refractivity contribution in [3.8, 4) is 11.5 Å². The van der Waals surface area contributed by atoms with Gasteiger partial charge in [0.1, 0.15) is 5.52 Å². The number of aromatic nitrogens is 1. The number of benzene rings is 4. The van der Waals surface area contributed by atoms with Crippen molar-refractivity contribution in [2.24, 2.45) is 0 Å². The first kappa shape index (κ1) is 21.8. The van der Waals surface area contributed by atoms with Crippen molar-refractivity contribution in [2.75, 3.05) is 11.5 Å². The maximum atomic E-state index is 13.5. The van der Waals surface area contributed by atoms with Crippen molar-refractivity contribution < 1.29 is 18.7 Å². The molecule has 0 unspecified atom stereocenters. The number of aryl methyl sites for hydroxylation is 2. The van der Waals surface area contributed by atoms with Crippen LogP contribution in [0, 0.1) is 0 Å². The molecule has 0 atom stereocenters. The number of esters is 1. The molecule has 6 nitrogen and oxygen atoms in total. The fourth-order valence-electron chi connectivity index (χ4n) is 4.65. The summed E-state index contributed by atoms with van der Waals surface area (Å²) in [7, 11) is 0. The Morgan fingerprint density at radius 2 is 1.39 bits per heavy atom. The van der Waals surface area contributed by atoms with Gasteiger partial charge in [-0.15, -0.1) is 0 Å². The summed E-state index contributed by atoms with van der Waals surface area (Å²) < 4.78 is 11.4. The van der Waals surface area contributed by atoms with Crippen LogP contribution >= 0.6 is 0 Å². The number of hydrogen-bond acceptors (Lipinski definition) is 5. The zero-order chi connectivity index (χ0) is 24.5. The molecular weight excluding hydrogens is 452 g/mol. The van der Waals surface area contributed by atoms with Gasteiger partial charge in [0.2, 0.25) is 5.89 Å². The van der Waals surface area contributed by atoms with Crippen LogP contribution in [0.1, 0.15) is 21.5 Å². The SMILES string of the molecule is O=C(OCC(=O)N1c2ccccc2CCc2ccccc21)c1ccccc1-c1nc2ccccc2o1. The third-order valence-corrected chi connectivity index (χ3v) is 6.38. The molecule has 1 aromatic heterocycles. The van der Waals surface area contributed by atoms with Gasteiger partial charge in [0.25, 0.3) is 5.91 Å². The summed E-state index contributed by atoms with van der Waals surface area (Å²) in [5.74, 6) is -0.604. The van der Waals surface area contributed by atoms with E-state index in [0.29, 0.717) is 22.6 Å². The maximum Gasteiger partial charge on any atom is 0.339 e. The van der Waals surface area contributed by atoms with Gasteiger partial charge in [-0.25, -0.2) is 9.78 Å². The van der Waals surface area contributed by atoms with Gasteiger partial charge in [-0.3, -0.25) is 9.69 Å². The first-order valence-electron chi connectivity index (χ1n) is 11.8. The lowest BCUT2D eigenvalue weighted by Crippen LogP contribution is -2.31. The van der Waals surface area contributed by atoms with E-state index in [4.69, 9.17) is 9.15 Å². The Balaban J connectivity index is 1.28. The van der Waals surface area contributed by atoms with Gasteiger partial charge in [-0.05, 0) is 60.4 Å². The molecule has 0 fully saturated rings.